The lowest BCUT2D eigenvalue weighted by atomic mass is 10.1. The molecule has 0 aliphatic heterocycles. The fraction of sp³-hybridized carbons (Fsp3) is 0.250. The van der Waals surface area contributed by atoms with E-state index in [9.17, 15) is 4.79 Å². The number of thiophene rings is 1. The molecule has 0 aliphatic rings. The summed E-state index contributed by atoms with van der Waals surface area (Å²) in [7, 11) is 4.08. The van der Waals surface area contributed by atoms with Gasteiger partial charge in [0.15, 0.2) is 0 Å². The van der Waals surface area contributed by atoms with Crippen LogP contribution in [0.25, 0.3) is 10.4 Å². The fourth-order valence-electron chi connectivity index (χ4n) is 3.69. The number of aliphatic imine (C=N–C) groups is 2. The Kier molecular flexibility index (Phi) is 8.98. The van der Waals surface area contributed by atoms with Gasteiger partial charge in [-0.05, 0) is 73.7 Å². The average Bonchev–Trinajstić information content (AvgIpc) is 3.35. The number of hydrogen-bond donors (Lipinski definition) is 2. The van der Waals surface area contributed by atoms with E-state index in [4.69, 9.17) is 10.1 Å². The minimum Gasteiger partial charge on any atom is -0.478 e. The molecule has 0 radical (unpaired) electrons. The summed E-state index contributed by atoms with van der Waals surface area (Å²) in [6.07, 6.45) is 1.52. The van der Waals surface area contributed by atoms with Crippen molar-refractivity contribution in [3.8, 4) is 10.4 Å². The highest BCUT2D eigenvalue weighted by Gasteiger charge is 2.12. The lowest BCUT2D eigenvalue weighted by Crippen LogP contribution is -2.10. The fourth-order valence-corrected chi connectivity index (χ4v) is 4.62. The van der Waals surface area contributed by atoms with Crippen LogP contribution in [0.15, 0.2) is 82.0 Å². The van der Waals surface area contributed by atoms with Gasteiger partial charge in [0.1, 0.15) is 5.82 Å². The summed E-state index contributed by atoms with van der Waals surface area (Å²) >= 11 is 1.76. The molecule has 0 amide bonds. The first-order valence-corrected chi connectivity index (χ1v) is 12.4. The number of nitrogens with one attached hydrogen (secondary N) is 1. The van der Waals surface area contributed by atoms with E-state index in [1.54, 1.807) is 35.6 Å². The number of anilines is 2. The van der Waals surface area contributed by atoms with Gasteiger partial charge in [0.2, 0.25) is 0 Å². The van der Waals surface area contributed by atoms with Crippen LogP contribution >= 0.6 is 11.3 Å². The first-order valence-electron chi connectivity index (χ1n) is 11.6. The van der Waals surface area contributed by atoms with Crippen molar-refractivity contribution in [3.05, 3.63) is 82.5 Å². The van der Waals surface area contributed by atoms with Gasteiger partial charge in [-0.2, -0.15) is 0 Å². The summed E-state index contributed by atoms with van der Waals surface area (Å²) in [5.41, 5.74) is 5.36. The van der Waals surface area contributed by atoms with Gasteiger partial charge in [0.05, 0.1) is 12.1 Å². The monoisotopic (exact) mass is 488 g/mol. The third kappa shape index (κ3) is 6.67. The molecule has 0 spiro atoms. The van der Waals surface area contributed by atoms with Gasteiger partial charge < -0.3 is 15.3 Å². The number of carboxylic acids is 1. The second kappa shape index (κ2) is 12.1. The van der Waals surface area contributed by atoms with E-state index in [0.717, 1.165) is 29.8 Å². The molecule has 0 fully saturated rings. The van der Waals surface area contributed by atoms with E-state index in [2.05, 4.69) is 72.2 Å². The zero-order valence-corrected chi connectivity index (χ0v) is 21.5. The molecule has 3 rings (SSSR count). The van der Waals surface area contributed by atoms with Crippen molar-refractivity contribution in [1.82, 2.24) is 0 Å². The van der Waals surface area contributed by atoms with E-state index >= 15 is 0 Å². The van der Waals surface area contributed by atoms with Crippen LogP contribution in [0.5, 0.6) is 0 Å². The van der Waals surface area contributed by atoms with Gasteiger partial charge in [-0.15, -0.1) is 11.3 Å². The second-order valence-electron chi connectivity index (χ2n) is 8.17. The van der Waals surface area contributed by atoms with E-state index < -0.39 is 5.97 Å². The van der Waals surface area contributed by atoms with E-state index in [0.29, 0.717) is 12.4 Å². The maximum atomic E-state index is 11.1. The summed E-state index contributed by atoms with van der Waals surface area (Å²) in [5.74, 6) is -0.310. The third-order valence-electron chi connectivity index (χ3n) is 5.63. The molecule has 0 aliphatic carbocycles. The summed E-state index contributed by atoms with van der Waals surface area (Å²) in [4.78, 5) is 24.8. The van der Waals surface area contributed by atoms with E-state index in [-0.39, 0.29) is 5.56 Å². The maximum absolute atomic E-state index is 11.1. The molecule has 0 unspecified atom stereocenters. The molecule has 7 heteroatoms. The summed E-state index contributed by atoms with van der Waals surface area (Å²) in [6, 6.07) is 19.4. The molecule has 35 heavy (non-hydrogen) atoms. The van der Waals surface area contributed by atoms with Crippen LogP contribution in [0, 0.1) is 0 Å². The molecule has 1 aromatic heterocycles. The number of benzene rings is 2. The van der Waals surface area contributed by atoms with Gasteiger partial charge in [-0.25, -0.2) is 9.79 Å². The Bertz CT molecular complexity index is 1220. The van der Waals surface area contributed by atoms with Gasteiger partial charge >= 0.3 is 5.97 Å². The number of carbonyl (C=O) groups is 1. The molecule has 6 nitrogen and oxygen atoms in total. The predicted octanol–water partition coefficient (Wildman–Crippen LogP) is 6.96. The smallest absolute Gasteiger partial charge is 0.335 e. The Morgan fingerprint density at radius 2 is 1.69 bits per heavy atom. The van der Waals surface area contributed by atoms with Crippen LogP contribution in [0.4, 0.5) is 11.4 Å². The Morgan fingerprint density at radius 1 is 1.00 bits per heavy atom. The minimum absolute atomic E-state index is 0.239. The zero-order chi connectivity index (χ0) is 25.4. The molecular formula is C28H32N4O2S. The normalized spacial score (nSPS) is 12.2. The van der Waals surface area contributed by atoms with Crippen molar-refractivity contribution < 1.29 is 9.90 Å². The van der Waals surface area contributed by atoms with Crippen molar-refractivity contribution >= 4 is 41.1 Å². The molecule has 0 bridgehead atoms. The SMILES string of the molecule is C=N/C(Nc1ccc(C(=O)O)cc1)=C(/CC)C(CC)=NCc1ccc(-c2ccc(N(C)C)cc2)s1. The zero-order valence-electron chi connectivity index (χ0n) is 20.7. The lowest BCUT2D eigenvalue weighted by molar-refractivity contribution is 0.0697. The van der Waals surface area contributed by atoms with E-state index in [1.807, 2.05) is 14.1 Å². The number of rotatable bonds is 11. The molecule has 182 valence electrons. The molecule has 1 heterocycles. The quantitative estimate of drug-likeness (QED) is 0.286. The maximum Gasteiger partial charge on any atom is 0.335 e. The van der Waals surface area contributed by atoms with Crippen LogP contribution < -0.4 is 10.2 Å². The standard InChI is InChI=1S/C28H32N4O2S/c1-6-24(27(29-3)31-21-12-8-20(9-13-21)28(33)34)25(7-2)30-18-23-16-17-26(35-23)19-10-14-22(15-11-19)32(4)5/h8-17,31H,3,6-7,18H2,1-2,4-5H3,(H,33,34)/b27-24+,30-25?. The molecule has 2 aromatic carbocycles. The molecular weight excluding hydrogens is 456 g/mol. The second-order valence-corrected chi connectivity index (χ2v) is 9.34. The Labute approximate surface area is 211 Å². The highest BCUT2D eigenvalue weighted by atomic mass is 32.1. The highest BCUT2D eigenvalue weighted by Crippen LogP contribution is 2.30. The van der Waals surface area contributed by atoms with Crippen molar-refractivity contribution in [2.75, 3.05) is 24.3 Å². The third-order valence-corrected chi connectivity index (χ3v) is 6.75. The predicted molar refractivity (Wildman–Crippen MR) is 149 cm³/mol. The van der Waals surface area contributed by atoms with Crippen molar-refractivity contribution in [2.24, 2.45) is 9.98 Å². The van der Waals surface area contributed by atoms with Crippen LogP contribution in [-0.4, -0.2) is 37.6 Å². The van der Waals surface area contributed by atoms with Gasteiger partial charge in [-0.1, -0.05) is 26.0 Å². The van der Waals surface area contributed by atoms with E-state index in [1.165, 1.54) is 21.0 Å². The highest BCUT2D eigenvalue weighted by molar-refractivity contribution is 7.15. The van der Waals surface area contributed by atoms with Crippen LogP contribution in [0.2, 0.25) is 0 Å². The van der Waals surface area contributed by atoms with Crippen molar-refractivity contribution in [1.29, 1.82) is 0 Å². The van der Waals surface area contributed by atoms with Gasteiger partial charge in [0, 0.05) is 46.5 Å². The summed E-state index contributed by atoms with van der Waals surface area (Å²) in [5, 5.41) is 12.4. The van der Waals surface area contributed by atoms with Gasteiger partial charge in [0.25, 0.3) is 0 Å². The first-order chi connectivity index (χ1) is 16.9. The molecule has 0 atom stereocenters. The first kappa shape index (κ1) is 25.9. The molecule has 2 N–H and O–H groups in total. The van der Waals surface area contributed by atoms with Crippen LogP contribution in [0.3, 0.4) is 0 Å². The minimum atomic E-state index is -0.953. The lowest BCUT2D eigenvalue weighted by Gasteiger charge is -2.14. The number of aromatic carboxylic acids is 1. The van der Waals surface area contributed by atoms with Crippen molar-refractivity contribution in [3.63, 3.8) is 0 Å². The number of allylic oxidation sites excluding steroid dienone is 1. The Balaban J connectivity index is 1.79. The molecule has 0 saturated heterocycles. The summed E-state index contributed by atoms with van der Waals surface area (Å²) in [6.45, 7) is 8.50. The molecule has 3 aromatic rings. The number of hydrogen-bond acceptors (Lipinski definition) is 6. The average molecular weight is 489 g/mol. The Morgan fingerprint density at radius 3 is 2.23 bits per heavy atom. The van der Waals surface area contributed by atoms with Crippen LogP contribution in [-0.2, 0) is 6.54 Å². The topological polar surface area (TPSA) is 77.3 Å². The van der Waals surface area contributed by atoms with Crippen molar-refractivity contribution in [2.45, 2.75) is 33.2 Å². The van der Waals surface area contributed by atoms with Crippen LogP contribution in [0.1, 0.15) is 41.9 Å². The summed E-state index contributed by atoms with van der Waals surface area (Å²) < 4.78 is 0. The number of nitrogens with zero attached hydrogens (tertiary/aromatic N) is 3. The largest absolute Gasteiger partial charge is 0.478 e. The molecule has 0 saturated carbocycles. The van der Waals surface area contributed by atoms with Gasteiger partial charge in [-0.3, -0.25) is 4.99 Å². The number of carboxylic acid groups (broad SMARTS) is 1. The Hall–Kier alpha value is -3.71.